The molecule has 0 aliphatic rings. The number of nitrogens with zero attached hydrogens (tertiary/aromatic N) is 2. The van der Waals surface area contributed by atoms with Crippen molar-refractivity contribution in [1.82, 2.24) is 9.78 Å². The van der Waals surface area contributed by atoms with Crippen LogP contribution < -0.4 is 0 Å². The topological polar surface area (TPSA) is 17.8 Å². The van der Waals surface area contributed by atoms with Gasteiger partial charge in [-0.3, -0.25) is 4.68 Å². The fourth-order valence-electron chi connectivity index (χ4n) is 1.14. The van der Waals surface area contributed by atoms with Crippen LogP contribution >= 0.6 is 0 Å². The summed E-state index contributed by atoms with van der Waals surface area (Å²) in [4.78, 5) is 0. The fourth-order valence-corrected chi connectivity index (χ4v) is 1.14. The molecule has 1 heterocycles. The summed E-state index contributed by atoms with van der Waals surface area (Å²) in [6, 6.07) is 1.62. The molecule has 0 unspecified atom stereocenters. The Labute approximate surface area is 74.4 Å². The molecule has 0 saturated heterocycles. The van der Waals surface area contributed by atoms with E-state index in [0.717, 1.165) is 11.1 Å². The molecule has 0 saturated carbocycles. The number of alkyl halides is 3. The van der Waals surface area contributed by atoms with Crippen molar-refractivity contribution in [2.75, 3.05) is 0 Å². The van der Waals surface area contributed by atoms with Crippen molar-refractivity contribution in [2.45, 2.75) is 32.5 Å². The number of hydrogen-bond donors (Lipinski definition) is 0. The molecular formula is C8H11F3N2. The first-order valence-corrected chi connectivity index (χ1v) is 4.10. The van der Waals surface area contributed by atoms with Gasteiger partial charge in [0.15, 0.2) is 0 Å². The minimum Gasteiger partial charge on any atom is -0.260 e. The van der Waals surface area contributed by atoms with Crippen molar-refractivity contribution >= 4 is 0 Å². The van der Waals surface area contributed by atoms with E-state index >= 15 is 0 Å². The van der Waals surface area contributed by atoms with Crippen LogP contribution in [-0.2, 0) is 13.0 Å². The molecule has 0 N–H and O–H groups in total. The van der Waals surface area contributed by atoms with Crippen LogP contribution in [0.2, 0.25) is 0 Å². The number of rotatable bonds is 3. The summed E-state index contributed by atoms with van der Waals surface area (Å²) >= 11 is 0. The van der Waals surface area contributed by atoms with E-state index in [1.54, 1.807) is 6.07 Å². The van der Waals surface area contributed by atoms with Gasteiger partial charge < -0.3 is 0 Å². The summed E-state index contributed by atoms with van der Waals surface area (Å²) in [6.07, 6.45) is -1.33. The van der Waals surface area contributed by atoms with Gasteiger partial charge in [-0.05, 0) is 12.5 Å². The molecule has 0 fully saturated rings. The van der Waals surface area contributed by atoms with Crippen LogP contribution in [0.3, 0.4) is 0 Å². The van der Waals surface area contributed by atoms with Gasteiger partial charge in [-0.15, -0.1) is 0 Å². The van der Waals surface area contributed by atoms with Crippen LogP contribution in [0.1, 0.15) is 19.0 Å². The molecule has 0 atom stereocenters. The molecule has 13 heavy (non-hydrogen) atoms. The summed E-state index contributed by atoms with van der Waals surface area (Å²) in [7, 11) is 0. The Bertz CT molecular complexity index is 265. The molecule has 1 rings (SSSR count). The SMILES string of the molecule is CCCc1ccnn1CC(F)(F)F. The Balaban J connectivity index is 2.70. The van der Waals surface area contributed by atoms with Crippen LogP contribution in [0.5, 0.6) is 0 Å². The lowest BCUT2D eigenvalue weighted by Gasteiger charge is -2.09. The highest BCUT2D eigenvalue weighted by molar-refractivity contribution is 5.00. The average Bonchev–Trinajstić information content (AvgIpc) is 2.34. The van der Waals surface area contributed by atoms with E-state index in [-0.39, 0.29) is 0 Å². The third-order valence-electron chi connectivity index (χ3n) is 1.64. The molecule has 0 bridgehead atoms. The first-order chi connectivity index (χ1) is 6.03. The van der Waals surface area contributed by atoms with Crippen LogP contribution in [0.15, 0.2) is 12.3 Å². The second-order valence-electron chi connectivity index (χ2n) is 2.85. The summed E-state index contributed by atoms with van der Waals surface area (Å²) < 4.78 is 36.9. The zero-order chi connectivity index (χ0) is 9.90. The van der Waals surface area contributed by atoms with Crippen molar-refractivity contribution in [1.29, 1.82) is 0 Å². The highest BCUT2D eigenvalue weighted by atomic mass is 19.4. The van der Waals surface area contributed by atoms with E-state index in [1.807, 2.05) is 6.92 Å². The summed E-state index contributed by atoms with van der Waals surface area (Å²) in [6.45, 7) is 0.931. The number of aryl methyl sites for hydroxylation is 1. The van der Waals surface area contributed by atoms with Crippen molar-refractivity contribution in [3.63, 3.8) is 0 Å². The lowest BCUT2D eigenvalue weighted by atomic mass is 10.2. The van der Waals surface area contributed by atoms with Gasteiger partial charge in [0.05, 0.1) is 0 Å². The number of hydrogen-bond acceptors (Lipinski definition) is 1. The molecule has 5 heteroatoms. The molecule has 1 aromatic heterocycles. The van der Waals surface area contributed by atoms with Gasteiger partial charge in [-0.1, -0.05) is 13.3 Å². The Morgan fingerprint density at radius 2 is 2.15 bits per heavy atom. The van der Waals surface area contributed by atoms with E-state index < -0.39 is 12.7 Å². The molecule has 0 radical (unpaired) electrons. The van der Waals surface area contributed by atoms with Gasteiger partial charge in [-0.25, -0.2) is 0 Å². The first kappa shape index (κ1) is 10.1. The Morgan fingerprint density at radius 3 is 2.69 bits per heavy atom. The zero-order valence-electron chi connectivity index (χ0n) is 7.30. The smallest absolute Gasteiger partial charge is 0.260 e. The van der Waals surface area contributed by atoms with Crippen LogP contribution in [0.4, 0.5) is 13.2 Å². The predicted octanol–water partition coefficient (Wildman–Crippen LogP) is 2.40. The summed E-state index contributed by atoms with van der Waals surface area (Å²) in [5.41, 5.74) is 0.639. The molecular weight excluding hydrogens is 181 g/mol. The monoisotopic (exact) mass is 192 g/mol. The van der Waals surface area contributed by atoms with E-state index in [4.69, 9.17) is 0 Å². The molecule has 1 aromatic rings. The third kappa shape index (κ3) is 3.08. The third-order valence-corrected chi connectivity index (χ3v) is 1.64. The van der Waals surface area contributed by atoms with E-state index in [0.29, 0.717) is 12.1 Å². The second-order valence-corrected chi connectivity index (χ2v) is 2.85. The fraction of sp³-hybridized carbons (Fsp3) is 0.625. The number of halogens is 3. The summed E-state index contributed by atoms with van der Waals surface area (Å²) in [5, 5.41) is 3.62. The molecule has 2 nitrogen and oxygen atoms in total. The van der Waals surface area contributed by atoms with Gasteiger partial charge in [0, 0.05) is 11.9 Å². The maximum absolute atomic E-state index is 12.0. The Kier molecular flexibility index (Phi) is 2.95. The molecule has 0 spiro atoms. The molecule has 0 amide bonds. The van der Waals surface area contributed by atoms with E-state index in [9.17, 15) is 13.2 Å². The van der Waals surface area contributed by atoms with Gasteiger partial charge in [0.1, 0.15) is 6.54 Å². The standard InChI is InChI=1S/C8H11F3N2/c1-2-3-7-4-5-12-13(7)6-8(9,10)11/h4-5H,2-3,6H2,1H3. The van der Waals surface area contributed by atoms with Gasteiger partial charge in [0.2, 0.25) is 0 Å². The molecule has 0 aliphatic carbocycles. The normalized spacial score (nSPS) is 12.0. The highest BCUT2D eigenvalue weighted by Crippen LogP contribution is 2.18. The lowest BCUT2D eigenvalue weighted by molar-refractivity contribution is -0.143. The number of aromatic nitrogens is 2. The van der Waals surface area contributed by atoms with Crippen LogP contribution in [-0.4, -0.2) is 16.0 Å². The summed E-state index contributed by atoms with van der Waals surface area (Å²) in [5.74, 6) is 0. The molecule has 74 valence electrons. The molecule has 0 aromatic carbocycles. The van der Waals surface area contributed by atoms with Gasteiger partial charge in [-0.2, -0.15) is 18.3 Å². The van der Waals surface area contributed by atoms with Crippen molar-refractivity contribution < 1.29 is 13.2 Å². The van der Waals surface area contributed by atoms with Gasteiger partial charge >= 0.3 is 6.18 Å². The maximum Gasteiger partial charge on any atom is 0.408 e. The second kappa shape index (κ2) is 3.81. The Hall–Kier alpha value is -1.00. The minimum atomic E-state index is -4.19. The Morgan fingerprint density at radius 1 is 1.46 bits per heavy atom. The predicted molar refractivity (Wildman–Crippen MR) is 42.3 cm³/mol. The average molecular weight is 192 g/mol. The minimum absolute atomic E-state index is 0.635. The quantitative estimate of drug-likeness (QED) is 0.719. The van der Waals surface area contributed by atoms with Crippen molar-refractivity contribution in [3.8, 4) is 0 Å². The highest BCUT2D eigenvalue weighted by Gasteiger charge is 2.28. The zero-order valence-corrected chi connectivity index (χ0v) is 7.30. The van der Waals surface area contributed by atoms with E-state index in [2.05, 4.69) is 5.10 Å². The van der Waals surface area contributed by atoms with E-state index in [1.165, 1.54) is 6.20 Å². The van der Waals surface area contributed by atoms with Gasteiger partial charge in [0.25, 0.3) is 0 Å². The lowest BCUT2D eigenvalue weighted by Crippen LogP contribution is -2.20. The van der Waals surface area contributed by atoms with Crippen LogP contribution in [0, 0.1) is 0 Å². The van der Waals surface area contributed by atoms with Crippen molar-refractivity contribution in [3.05, 3.63) is 18.0 Å². The maximum atomic E-state index is 12.0. The molecule has 0 aliphatic heterocycles. The first-order valence-electron chi connectivity index (χ1n) is 4.10. The van der Waals surface area contributed by atoms with Crippen LogP contribution in [0.25, 0.3) is 0 Å². The van der Waals surface area contributed by atoms with Crippen molar-refractivity contribution in [2.24, 2.45) is 0 Å². The largest absolute Gasteiger partial charge is 0.408 e.